The standard InChI is InChI=1S/C12H19N3O4/c1-2-19-12(18)8-3-5-15(6-4-8)11(17)9-7-10(16)14-13-9/h8-9,13H,2-7H2,1H3,(H,14,16). The van der Waals surface area contributed by atoms with E-state index in [-0.39, 0.29) is 30.1 Å². The lowest BCUT2D eigenvalue weighted by Crippen LogP contribution is -2.49. The monoisotopic (exact) mass is 269 g/mol. The first kappa shape index (κ1) is 13.8. The summed E-state index contributed by atoms with van der Waals surface area (Å²) in [6, 6.07) is -0.480. The lowest BCUT2D eigenvalue weighted by molar-refractivity contribution is -0.151. The Morgan fingerprint density at radius 3 is 2.58 bits per heavy atom. The third-order valence-corrected chi connectivity index (χ3v) is 3.50. The number of hydrazine groups is 1. The number of rotatable bonds is 3. The molecule has 0 aliphatic carbocycles. The fourth-order valence-electron chi connectivity index (χ4n) is 2.42. The van der Waals surface area contributed by atoms with Crippen molar-refractivity contribution in [3.8, 4) is 0 Å². The van der Waals surface area contributed by atoms with Crippen molar-refractivity contribution in [1.29, 1.82) is 0 Å². The summed E-state index contributed by atoms with van der Waals surface area (Å²) in [6.45, 7) is 3.24. The molecule has 2 rings (SSSR count). The molecule has 0 spiro atoms. The molecule has 2 N–H and O–H groups in total. The third-order valence-electron chi connectivity index (χ3n) is 3.50. The Bertz CT molecular complexity index is 377. The van der Waals surface area contributed by atoms with Crippen LogP contribution in [0.1, 0.15) is 26.2 Å². The van der Waals surface area contributed by atoms with Crippen LogP contribution in [0.25, 0.3) is 0 Å². The number of piperidine rings is 1. The topological polar surface area (TPSA) is 87.7 Å². The smallest absolute Gasteiger partial charge is 0.309 e. The molecule has 1 atom stereocenters. The Hall–Kier alpha value is -1.63. The number of hydrogen-bond donors (Lipinski definition) is 2. The van der Waals surface area contributed by atoms with Crippen molar-refractivity contribution in [1.82, 2.24) is 15.8 Å². The zero-order valence-corrected chi connectivity index (χ0v) is 11.0. The van der Waals surface area contributed by atoms with Gasteiger partial charge in [-0.1, -0.05) is 0 Å². The predicted molar refractivity (Wildman–Crippen MR) is 65.6 cm³/mol. The van der Waals surface area contributed by atoms with E-state index >= 15 is 0 Å². The highest BCUT2D eigenvalue weighted by atomic mass is 16.5. The summed E-state index contributed by atoms with van der Waals surface area (Å²) in [5.74, 6) is -0.536. The average Bonchev–Trinajstić information content (AvgIpc) is 2.85. The third kappa shape index (κ3) is 3.23. The molecule has 0 saturated carbocycles. The summed E-state index contributed by atoms with van der Waals surface area (Å²) >= 11 is 0. The number of carbonyl (C=O) groups is 3. The minimum absolute atomic E-state index is 0.0827. The quantitative estimate of drug-likeness (QED) is 0.654. The number of carbonyl (C=O) groups excluding carboxylic acids is 3. The predicted octanol–water partition coefficient (Wildman–Crippen LogP) is -0.819. The van der Waals surface area contributed by atoms with E-state index in [9.17, 15) is 14.4 Å². The molecule has 1 unspecified atom stereocenters. The van der Waals surface area contributed by atoms with Gasteiger partial charge in [-0.05, 0) is 19.8 Å². The van der Waals surface area contributed by atoms with Crippen LogP contribution in [0.15, 0.2) is 0 Å². The summed E-state index contributed by atoms with van der Waals surface area (Å²) < 4.78 is 4.98. The van der Waals surface area contributed by atoms with Gasteiger partial charge in [0.05, 0.1) is 18.9 Å². The van der Waals surface area contributed by atoms with Crippen LogP contribution in [0.5, 0.6) is 0 Å². The summed E-state index contributed by atoms with van der Waals surface area (Å²) in [5, 5.41) is 0. The van der Waals surface area contributed by atoms with Crippen molar-refractivity contribution in [2.24, 2.45) is 5.92 Å². The molecule has 2 aliphatic rings. The zero-order chi connectivity index (χ0) is 13.8. The minimum atomic E-state index is -0.480. The molecule has 2 amide bonds. The van der Waals surface area contributed by atoms with Gasteiger partial charge < -0.3 is 9.64 Å². The van der Waals surface area contributed by atoms with Crippen molar-refractivity contribution in [2.75, 3.05) is 19.7 Å². The number of amides is 2. The van der Waals surface area contributed by atoms with Gasteiger partial charge in [0.15, 0.2) is 0 Å². The van der Waals surface area contributed by atoms with Gasteiger partial charge in [-0.3, -0.25) is 19.8 Å². The summed E-state index contributed by atoms with van der Waals surface area (Å²) in [4.78, 5) is 36.4. The van der Waals surface area contributed by atoms with Gasteiger partial charge in [0.25, 0.3) is 0 Å². The number of likely N-dealkylation sites (tertiary alicyclic amines) is 1. The highest BCUT2D eigenvalue weighted by molar-refractivity contribution is 5.91. The first-order valence-electron chi connectivity index (χ1n) is 6.61. The summed E-state index contributed by atoms with van der Waals surface area (Å²) in [5.41, 5.74) is 5.10. The van der Waals surface area contributed by atoms with Crippen LogP contribution >= 0.6 is 0 Å². The molecule has 7 nitrogen and oxygen atoms in total. The first-order chi connectivity index (χ1) is 9.11. The van der Waals surface area contributed by atoms with E-state index in [1.54, 1.807) is 11.8 Å². The van der Waals surface area contributed by atoms with Crippen molar-refractivity contribution < 1.29 is 19.1 Å². The van der Waals surface area contributed by atoms with E-state index < -0.39 is 6.04 Å². The largest absolute Gasteiger partial charge is 0.466 e. The van der Waals surface area contributed by atoms with E-state index in [0.29, 0.717) is 32.5 Å². The molecule has 106 valence electrons. The Morgan fingerprint density at radius 2 is 2.05 bits per heavy atom. The second-order valence-corrected chi connectivity index (χ2v) is 4.80. The number of nitrogens with one attached hydrogen (secondary N) is 2. The molecule has 0 aromatic rings. The second kappa shape index (κ2) is 6.01. The van der Waals surface area contributed by atoms with E-state index in [4.69, 9.17) is 4.74 Å². The molecule has 0 bridgehead atoms. The maximum atomic E-state index is 12.1. The van der Waals surface area contributed by atoms with Crippen LogP contribution in [0.2, 0.25) is 0 Å². The van der Waals surface area contributed by atoms with Gasteiger partial charge in [-0.25, -0.2) is 5.43 Å². The number of nitrogens with zero attached hydrogens (tertiary/aromatic N) is 1. The van der Waals surface area contributed by atoms with Gasteiger partial charge >= 0.3 is 5.97 Å². The van der Waals surface area contributed by atoms with Crippen molar-refractivity contribution in [3.63, 3.8) is 0 Å². The van der Waals surface area contributed by atoms with Gasteiger partial charge in [-0.2, -0.15) is 0 Å². The van der Waals surface area contributed by atoms with Crippen LogP contribution in [0.3, 0.4) is 0 Å². The maximum Gasteiger partial charge on any atom is 0.309 e. The van der Waals surface area contributed by atoms with Crippen molar-refractivity contribution >= 4 is 17.8 Å². The lowest BCUT2D eigenvalue weighted by Gasteiger charge is -2.32. The highest BCUT2D eigenvalue weighted by Gasteiger charge is 2.34. The molecule has 0 aromatic carbocycles. The minimum Gasteiger partial charge on any atom is -0.466 e. The molecule has 2 heterocycles. The molecule has 2 fully saturated rings. The molecule has 0 radical (unpaired) electrons. The van der Waals surface area contributed by atoms with Crippen LogP contribution in [-0.4, -0.2) is 48.4 Å². The van der Waals surface area contributed by atoms with Crippen LogP contribution < -0.4 is 10.9 Å². The number of hydrogen-bond acceptors (Lipinski definition) is 5. The molecular weight excluding hydrogens is 250 g/mol. The summed E-state index contributed by atoms with van der Waals surface area (Å²) in [7, 11) is 0. The van der Waals surface area contributed by atoms with Crippen LogP contribution in [-0.2, 0) is 19.1 Å². The van der Waals surface area contributed by atoms with E-state index in [2.05, 4.69) is 10.9 Å². The normalized spacial score (nSPS) is 24.2. The van der Waals surface area contributed by atoms with Gasteiger partial charge in [0.1, 0.15) is 6.04 Å². The zero-order valence-electron chi connectivity index (χ0n) is 11.0. The molecular formula is C12H19N3O4. The second-order valence-electron chi connectivity index (χ2n) is 4.80. The SMILES string of the molecule is CCOC(=O)C1CCN(C(=O)C2CC(=O)NN2)CC1. The first-order valence-corrected chi connectivity index (χ1v) is 6.61. The number of esters is 1. The van der Waals surface area contributed by atoms with Crippen molar-refractivity contribution in [3.05, 3.63) is 0 Å². The van der Waals surface area contributed by atoms with Crippen molar-refractivity contribution in [2.45, 2.75) is 32.2 Å². The Balaban J connectivity index is 1.81. The van der Waals surface area contributed by atoms with Gasteiger partial charge in [-0.15, -0.1) is 0 Å². The summed E-state index contributed by atoms with van der Waals surface area (Å²) in [6.07, 6.45) is 1.42. The van der Waals surface area contributed by atoms with E-state index in [1.165, 1.54) is 0 Å². The maximum absolute atomic E-state index is 12.1. The van der Waals surface area contributed by atoms with Gasteiger partial charge in [0.2, 0.25) is 11.8 Å². The molecule has 2 aliphatic heterocycles. The molecule has 7 heteroatoms. The fourth-order valence-corrected chi connectivity index (χ4v) is 2.42. The highest BCUT2D eigenvalue weighted by Crippen LogP contribution is 2.20. The fraction of sp³-hybridized carbons (Fsp3) is 0.750. The molecule has 19 heavy (non-hydrogen) atoms. The van der Waals surface area contributed by atoms with Crippen LogP contribution in [0, 0.1) is 5.92 Å². The Labute approximate surface area is 111 Å². The average molecular weight is 269 g/mol. The molecule has 2 saturated heterocycles. The lowest BCUT2D eigenvalue weighted by atomic mass is 9.96. The Kier molecular flexibility index (Phi) is 4.36. The van der Waals surface area contributed by atoms with Crippen LogP contribution in [0.4, 0.5) is 0 Å². The molecule has 0 aromatic heterocycles. The van der Waals surface area contributed by atoms with Gasteiger partial charge in [0, 0.05) is 13.1 Å². The Morgan fingerprint density at radius 1 is 1.37 bits per heavy atom. The number of ether oxygens (including phenoxy) is 1. The van der Waals surface area contributed by atoms with E-state index in [0.717, 1.165) is 0 Å². The van der Waals surface area contributed by atoms with E-state index in [1.807, 2.05) is 0 Å².